The number of H-pyrrole nitrogens is 2. The van der Waals surface area contributed by atoms with E-state index in [9.17, 15) is 4.79 Å². The van der Waals surface area contributed by atoms with E-state index in [2.05, 4.69) is 36.0 Å². The number of aromatic nitrogens is 3. The summed E-state index contributed by atoms with van der Waals surface area (Å²) < 4.78 is 1.04. The maximum absolute atomic E-state index is 11.0. The Morgan fingerprint density at radius 2 is 2.32 bits per heavy atom. The molecule has 0 atom stereocenters. The Balaban J connectivity index is 1.80. The highest BCUT2D eigenvalue weighted by molar-refractivity contribution is 9.10. The molecule has 2 aromatic rings. The lowest BCUT2D eigenvalue weighted by atomic mass is 10.00. The summed E-state index contributed by atoms with van der Waals surface area (Å²) in [6.07, 6.45) is 0.948. The standard InChI is InChI=1S/C12H12BrClN4O/c13-10-4-8(14)3-7-1-2-18(5-9(7)10)6-11-15-12(19)17-16-11/h3-4H,1-2,5-6H2,(H2,15,16,17,19). The molecule has 19 heavy (non-hydrogen) atoms. The summed E-state index contributed by atoms with van der Waals surface area (Å²) in [5.41, 5.74) is 2.28. The monoisotopic (exact) mass is 342 g/mol. The molecule has 0 unspecified atom stereocenters. The molecular formula is C12H12BrClN4O. The second kappa shape index (κ2) is 5.11. The molecule has 0 amide bonds. The van der Waals surface area contributed by atoms with Gasteiger partial charge in [0.15, 0.2) is 0 Å². The van der Waals surface area contributed by atoms with Crippen LogP contribution >= 0.6 is 27.5 Å². The van der Waals surface area contributed by atoms with Gasteiger partial charge in [0.1, 0.15) is 5.82 Å². The molecular weight excluding hydrogens is 332 g/mol. The zero-order chi connectivity index (χ0) is 13.4. The number of nitrogens with one attached hydrogen (secondary N) is 2. The molecule has 0 radical (unpaired) electrons. The second-order valence-electron chi connectivity index (χ2n) is 4.61. The van der Waals surface area contributed by atoms with Crippen LogP contribution in [-0.2, 0) is 19.5 Å². The van der Waals surface area contributed by atoms with Crippen molar-refractivity contribution < 1.29 is 0 Å². The normalized spacial score (nSPS) is 15.5. The molecule has 7 heteroatoms. The fourth-order valence-corrected chi connectivity index (χ4v) is 3.36. The van der Waals surface area contributed by atoms with Crippen LogP contribution in [0, 0.1) is 0 Å². The molecule has 3 rings (SSSR count). The van der Waals surface area contributed by atoms with Crippen molar-refractivity contribution in [3.63, 3.8) is 0 Å². The summed E-state index contributed by atoms with van der Waals surface area (Å²) in [7, 11) is 0. The Hall–Kier alpha value is -1.11. The van der Waals surface area contributed by atoms with Gasteiger partial charge in [0, 0.05) is 22.6 Å². The van der Waals surface area contributed by atoms with Crippen LogP contribution in [0.2, 0.25) is 5.02 Å². The number of halogens is 2. The molecule has 1 aromatic carbocycles. The van der Waals surface area contributed by atoms with Crippen molar-refractivity contribution in [1.82, 2.24) is 20.1 Å². The Morgan fingerprint density at radius 1 is 1.47 bits per heavy atom. The first-order valence-corrected chi connectivity index (χ1v) is 7.11. The maximum atomic E-state index is 11.0. The molecule has 2 N–H and O–H groups in total. The van der Waals surface area contributed by atoms with Gasteiger partial charge < -0.3 is 0 Å². The quantitative estimate of drug-likeness (QED) is 0.877. The van der Waals surface area contributed by atoms with E-state index in [1.54, 1.807) is 0 Å². The third-order valence-electron chi connectivity index (χ3n) is 3.26. The van der Waals surface area contributed by atoms with Gasteiger partial charge in [-0.3, -0.25) is 9.88 Å². The van der Waals surface area contributed by atoms with Crippen molar-refractivity contribution in [2.75, 3.05) is 6.54 Å². The van der Waals surface area contributed by atoms with Gasteiger partial charge in [-0.25, -0.2) is 9.89 Å². The number of aromatic amines is 2. The molecule has 0 saturated heterocycles. The van der Waals surface area contributed by atoms with Crippen LogP contribution in [-0.4, -0.2) is 26.6 Å². The number of fused-ring (bicyclic) bond motifs is 1. The van der Waals surface area contributed by atoms with Gasteiger partial charge >= 0.3 is 5.69 Å². The maximum Gasteiger partial charge on any atom is 0.340 e. The van der Waals surface area contributed by atoms with Gasteiger partial charge in [-0.2, -0.15) is 5.10 Å². The summed E-state index contributed by atoms with van der Waals surface area (Å²) in [5, 5.41) is 7.08. The van der Waals surface area contributed by atoms with E-state index in [4.69, 9.17) is 11.6 Å². The minimum atomic E-state index is -0.264. The van der Waals surface area contributed by atoms with Gasteiger partial charge in [0.25, 0.3) is 0 Å². The minimum absolute atomic E-state index is 0.264. The van der Waals surface area contributed by atoms with Crippen LogP contribution in [0.4, 0.5) is 0 Å². The van der Waals surface area contributed by atoms with Crippen LogP contribution < -0.4 is 5.69 Å². The highest BCUT2D eigenvalue weighted by Crippen LogP contribution is 2.30. The predicted octanol–water partition coefficient (Wildman–Crippen LogP) is 2.07. The van der Waals surface area contributed by atoms with Crippen molar-refractivity contribution in [2.45, 2.75) is 19.5 Å². The van der Waals surface area contributed by atoms with Gasteiger partial charge in [0.2, 0.25) is 0 Å². The molecule has 1 aliphatic rings. The SMILES string of the molecule is O=c1[nH]nc(CN2CCc3cc(Cl)cc(Br)c3C2)[nH]1. The first-order valence-electron chi connectivity index (χ1n) is 5.94. The van der Waals surface area contributed by atoms with Crippen molar-refractivity contribution in [2.24, 2.45) is 0 Å². The van der Waals surface area contributed by atoms with Crippen LogP contribution in [0.5, 0.6) is 0 Å². The lowest BCUT2D eigenvalue weighted by Gasteiger charge is -2.28. The molecule has 2 heterocycles. The van der Waals surface area contributed by atoms with Crippen LogP contribution in [0.1, 0.15) is 17.0 Å². The summed E-state index contributed by atoms with van der Waals surface area (Å²) in [5.74, 6) is 0.665. The smallest absolute Gasteiger partial charge is 0.292 e. The largest absolute Gasteiger partial charge is 0.340 e. The first kappa shape index (κ1) is 12.9. The van der Waals surface area contributed by atoms with E-state index >= 15 is 0 Å². The summed E-state index contributed by atoms with van der Waals surface area (Å²) in [6.45, 7) is 2.38. The number of benzene rings is 1. The summed E-state index contributed by atoms with van der Waals surface area (Å²) in [6, 6.07) is 3.94. The summed E-state index contributed by atoms with van der Waals surface area (Å²) in [4.78, 5) is 15.9. The number of hydrogen-bond donors (Lipinski definition) is 2. The van der Waals surface area contributed by atoms with Crippen LogP contribution in [0.15, 0.2) is 21.4 Å². The molecule has 100 valence electrons. The van der Waals surface area contributed by atoms with E-state index in [0.717, 1.165) is 29.0 Å². The van der Waals surface area contributed by atoms with Gasteiger partial charge in [-0.15, -0.1) is 0 Å². The van der Waals surface area contributed by atoms with E-state index in [-0.39, 0.29) is 5.69 Å². The average molecular weight is 344 g/mol. The Morgan fingerprint density at radius 3 is 3.05 bits per heavy atom. The Labute approximate surface area is 123 Å². The Kier molecular flexibility index (Phi) is 3.47. The van der Waals surface area contributed by atoms with E-state index in [0.29, 0.717) is 12.4 Å². The molecule has 5 nitrogen and oxygen atoms in total. The van der Waals surface area contributed by atoms with Crippen molar-refractivity contribution in [3.8, 4) is 0 Å². The van der Waals surface area contributed by atoms with Crippen molar-refractivity contribution in [1.29, 1.82) is 0 Å². The minimum Gasteiger partial charge on any atom is -0.292 e. The third kappa shape index (κ3) is 2.75. The highest BCUT2D eigenvalue weighted by Gasteiger charge is 2.20. The van der Waals surface area contributed by atoms with Crippen LogP contribution in [0.3, 0.4) is 0 Å². The van der Waals surface area contributed by atoms with E-state index < -0.39 is 0 Å². The fraction of sp³-hybridized carbons (Fsp3) is 0.333. The lowest BCUT2D eigenvalue weighted by molar-refractivity contribution is 0.239. The zero-order valence-electron chi connectivity index (χ0n) is 10.0. The van der Waals surface area contributed by atoms with Gasteiger partial charge in [-0.1, -0.05) is 27.5 Å². The van der Waals surface area contributed by atoms with E-state index in [1.165, 1.54) is 11.1 Å². The zero-order valence-corrected chi connectivity index (χ0v) is 12.4. The molecule has 1 aliphatic heterocycles. The van der Waals surface area contributed by atoms with Crippen molar-refractivity contribution in [3.05, 3.63) is 49.1 Å². The van der Waals surface area contributed by atoms with E-state index in [1.807, 2.05) is 12.1 Å². The van der Waals surface area contributed by atoms with Crippen LogP contribution in [0.25, 0.3) is 0 Å². The van der Waals surface area contributed by atoms with Crippen molar-refractivity contribution >= 4 is 27.5 Å². The molecule has 0 bridgehead atoms. The lowest BCUT2D eigenvalue weighted by Crippen LogP contribution is -2.30. The average Bonchev–Trinajstić information content (AvgIpc) is 2.75. The predicted molar refractivity (Wildman–Crippen MR) is 76.2 cm³/mol. The van der Waals surface area contributed by atoms with Gasteiger partial charge in [-0.05, 0) is 29.7 Å². The van der Waals surface area contributed by atoms with Gasteiger partial charge in [0.05, 0.1) is 6.54 Å². The summed E-state index contributed by atoms with van der Waals surface area (Å²) >= 11 is 9.61. The molecule has 0 aliphatic carbocycles. The molecule has 0 saturated carbocycles. The molecule has 0 fully saturated rings. The molecule has 0 spiro atoms. The number of hydrogen-bond acceptors (Lipinski definition) is 3. The number of rotatable bonds is 2. The fourth-order valence-electron chi connectivity index (χ4n) is 2.36. The number of nitrogens with zero attached hydrogens (tertiary/aromatic N) is 2. The first-order chi connectivity index (χ1) is 9.11. The highest BCUT2D eigenvalue weighted by atomic mass is 79.9. The molecule has 1 aromatic heterocycles. The Bertz CT molecular complexity index is 666. The topological polar surface area (TPSA) is 64.8 Å². The third-order valence-corrected chi connectivity index (χ3v) is 4.18. The second-order valence-corrected chi connectivity index (χ2v) is 5.90.